The van der Waals surface area contributed by atoms with Crippen molar-refractivity contribution in [3.05, 3.63) is 89.5 Å². The van der Waals surface area contributed by atoms with Gasteiger partial charge in [0.25, 0.3) is 5.91 Å². The van der Waals surface area contributed by atoms with E-state index in [1.165, 1.54) is 11.9 Å². The van der Waals surface area contributed by atoms with Crippen molar-refractivity contribution in [2.45, 2.75) is 19.3 Å². The molecule has 2 aromatic heterocycles. The summed E-state index contributed by atoms with van der Waals surface area (Å²) in [7, 11) is 0. The topological polar surface area (TPSA) is 89.7 Å². The lowest BCUT2D eigenvalue weighted by Gasteiger charge is -2.13. The van der Waals surface area contributed by atoms with E-state index in [4.69, 9.17) is 12.3 Å². The van der Waals surface area contributed by atoms with Crippen LogP contribution in [0.3, 0.4) is 0 Å². The van der Waals surface area contributed by atoms with Crippen LogP contribution in [0.15, 0.2) is 67.0 Å². The van der Waals surface area contributed by atoms with Crippen molar-refractivity contribution in [3.8, 4) is 11.3 Å². The second-order valence-electron chi connectivity index (χ2n) is 7.37. The van der Waals surface area contributed by atoms with E-state index >= 15 is 0 Å². The van der Waals surface area contributed by atoms with E-state index in [2.05, 4.69) is 39.3 Å². The summed E-state index contributed by atoms with van der Waals surface area (Å²) in [5, 5.41) is 7.24. The molecule has 1 unspecified atom stereocenters. The molecule has 4 aromatic rings. The molecule has 0 aliphatic rings. The Kier molecular flexibility index (Phi) is 5.63. The van der Waals surface area contributed by atoms with E-state index in [1.54, 1.807) is 22.7 Å². The van der Waals surface area contributed by atoms with Gasteiger partial charge in [0.15, 0.2) is 0 Å². The van der Waals surface area contributed by atoms with Crippen LogP contribution in [0.5, 0.6) is 0 Å². The third-order valence-electron chi connectivity index (χ3n) is 5.34. The van der Waals surface area contributed by atoms with Crippen LogP contribution in [0.25, 0.3) is 21.6 Å². The predicted molar refractivity (Wildman–Crippen MR) is 121 cm³/mol. The van der Waals surface area contributed by atoms with Gasteiger partial charge in [0, 0.05) is 12.1 Å². The van der Waals surface area contributed by atoms with Crippen molar-refractivity contribution in [1.29, 1.82) is 0 Å². The number of nitrogens with two attached hydrogens (primary N) is 1. The van der Waals surface area contributed by atoms with E-state index in [0.717, 1.165) is 12.0 Å². The number of nitrogens with one attached hydrogen (secondary N) is 1. The molecule has 7 nitrogen and oxygen atoms in total. The average Bonchev–Trinajstić information content (AvgIpc) is 3.20. The molecule has 31 heavy (non-hydrogen) atoms. The average molecular weight is 410 g/mol. The summed E-state index contributed by atoms with van der Waals surface area (Å²) in [6.45, 7) is 10.2. The minimum absolute atomic E-state index is 0.137. The van der Waals surface area contributed by atoms with E-state index < -0.39 is 0 Å². The van der Waals surface area contributed by atoms with E-state index in [1.807, 2.05) is 30.3 Å². The lowest BCUT2D eigenvalue weighted by molar-refractivity contribution is 0.0952. The number of nitrogen functional groups attached to an aromatic ring is 1. The maximum Gasteiger partial charge on any atom is 0.251 e. The number of carbonyl (C=O) groups is 1. The zero-order valence-corrected chi connectivity index (χ0v) is 17.1. The number of hydrogen-bond acceptors (Lipinski definition) is 4. The van der Waals surface area contributed by atoms with Crippen LogP contribution in [0, 0.1) is 6.57 Å². The van der Waals surface area contributed by atoms with Gasteiger partial charge >= 0.3 is 0 Å². The highest BCUT2D eigenvalue weighted by Crippen LogP contribution is 2.33. The van der Waals surface area contributed by atoms with E-state index in [-0.39, 0.29) is 11.7 Å². The lowest BCUT2D eigenvalue weighted by atomic mass is 9.98. The minimum Gasteiger partial charge on any atom is -0.383 e. The third kappa shape index (κ3) is 4.09. The minimum atomic E-state index is -0.137. The molecule has 154 valence electrons. The van der Waals surface area contributed by atoms with Crippen LogP contribution >= 0.6 is 0 Å². The lowest BCUT2D eigenvalue weighted by Crippen LogP contribution is -2.25. The van der Waals surface area contributed by atoms with Gasteiger partial charge in [0.1, 0.15) is 17.7 Å². The summed E-state index contributed by atoms with van der Waals surface area (Å²) in [5.74, 6) is 0.466. The van der Waals surface area contributed by atoms with Crippen LogP contribution in [0.2, 0.25) is 0 Å². The Labute approximate surface area is 180 Å². The molecule has 0 radical (unpaired) electrons. The molecular formula is C24H22N6O. The van der Waals surface area contributed by atoms with E-state index in [9.17, 15) is 4.79 Å². The van der Waals surface area contributed by atoms with Gasteiger partial charge in [0.05, 0.1) is 12.3 Å². The van der Waals surface area contributed by atoms with Gasteiger partial charge in [-0.15, -0.1) is 0 Å². The van der Waals surface area contributed by atoms with Crippen molar-refractivity contribution < 1.29 is 4.79 Å². The summed E-state index contributed by atoms with van der Waals surface area (Å²) >= 11 is 0. The molecule has 0 saturated heterocycles. The first-order valence-corrected chi connectivity index (χ1v) is 10.0. The molecule has 0 saturated carbocycles. The number of fused-ring (bicyclic) bond motifs is 1. The van der Waals surface area contributed by atoms with Crippen LogP contribution in [-0.4, -0.2) is 27.0 Å². The number of hydrogen-bond donors (Lipinski definition) is 2. The van der Waals surface area contributed by atoms with Crippen LogP contribution in [-0.2, 0) is 0 Å². The molecule has 4 rings (SSSR count). The Morgan fingerprint density at radius 1 is 1.19 bits per heavy atom. The molecule has 2 heterocycles. The molecule has 0 aliphatic carbocycles. The highest BCUT2D eigenvalue weighted by Gasteiger charge is 2.16. The maximum absolute atomic E-state index is 12.7. The van der Waals surface area contributed by atoms with Crippen molar-refractivity contribution in [1.82, 2.24) is 19.9 Å². The Bertz CT molecular complexity index is 1270. The molecule has 0 fully saturated rings. The van der Waals surface area contributed by atoms with Gasteiger partial charge in [0.2, 0.25) is 5.69 Å². The Hall–Kier alpha value is -4.18. The molecule has 1 amide bonds. The summed E-state index contributed by atoms with van der Waals surface area (Å²) in [6.07, 6.45) is 2.20. The van der Waals surface area contributed by atoms with Gasteiger partial charge in [-0.1, -0.05) is 49.4 Å². The molecular weight excluding hydrogens is 388 g/mol. The largest absolute Gasteiger partial charge is 0.383 e. The number of benzene rings is 2. The molecule has 7 heteroatoms. The van der Waals surface area contributed by atoms with Crippen molar-refractivity contribution in [3.63, 3.8) is 0 Å². The van der Waals surface area contributed by atoms with Gasteiger partial charge in [-0.05, 0) is 41.7 Å². The summed E-state index contributed by atoms with van der Waals surface area (Å²) in [6, 6.07) is 19.2. The van der Waals surface area contributed by atoms with Gasteiger partial charge in [-0.25, -0.2) is 14.3 Å². The highest BCUT2D eigenvalue weighted by atomic mass is 16.1. The second kappa shape index (κ2) is 8.67. The fourth-order valence-corrected chi connectivity index (χ4v) is 3.61. The maximum atomic E-state index is 12.7. The third-order valence-corrected chi connectivity index (χ3v) is 5.34. The van der Waals surface area contributed by atoms with Gasteiger partial charge < -0.3 is 11.1 Å². The Balaban J connectivity index is 1.51. The highest BCUT2D eigenvalue weighted by molar-refractivity contribution is 5.96. The quantitative estimate of drug-likeness (QED) is 0.460. The van der Waals surface area contributed by atoms with Crippen LogP contribution in [0.1, 0.15) is 35.2 Å². The van der Waals surface area contributed by atoms with Crippen molar-refractivity contribution >= 4 is 22.9 Å². The van der Waals surface area contributed by atoms with Crippen LogP contribution < -0.4 is 11.1 Å². The Morgan fingerprint density at radius 2 is 2.00 bits per heavy atom. The van der Waals surface area contributed by atoms with Gasteiger partial charge in [-0.3, -0.25) is 4.79 Å². The molecule has 2 aromatic carbocycles. The number of anilines is 1. The smallest absolute Gasteiger partial charge is 0.251 e. The second-order valence-corrected chi connectivity index (χ2v) is 7.37. The standard InChI is InChI=1S/C24H22N6O/c1-16(17-7-4-3-5-8-17)11-12-27-24(31)19-10-6-9-18(13-19)21-14-20(26-2)22-23(25)28-15-29-30(21)22/h3-10,13-16H,11-12H2,1H3,(H,27,31)(H2,25,28,29). The molecule has 1 atom stereocenters. The summed E-state index contributed by atoms with van der Waals surface area (Å²) in [4.78, 5) is 20.2. The molecule has 0 aliphatic heterocycles. The number of rotatable bonds is 6. The zero-order chi connectivity index (χ0) is 21.8. The normalized spacial score (nSPS) is 11.7. The Morgan fingerprint density at radius 3 is 2.77 bits per heavy atom. The van der Waals surface area contributed by atoms with Crippen molar-refractivity contribution in [2.24, 2.45) is 0 Å². The van der Waals surface area contributed by atoms with Crippen LogP contribution in [0.4, 0.5) is 11.5 Å². The molecule has 0 spiro atoms. The monoisotopic (exact) mass is 410 g/mol. The predicted octanol–water partition coefficient (Wildman–Crippen LogP) is 4.45. The summed E-state index contributed by atoms with van der Waals surface area (Å²) < 4.78 is 1.59. The van der Waals surface area contributed by atoms with E-state index in [0.29, 0.717) is 34.9 Å². The van der Waals surface area contributed by atoms with Crippen molar-refractivity contribution in [2.75, 3.05) is 12.3 Å². The first-order valence-electron chi connectivity index (χ1n) is 10.0. The molecule has 0 bridgehead atoms. The number of nitrogens with zero attached hydrogens (tertiary/aromatic N) is 4. The number of aromatic nitrogens is 3. The SMILES string of the molecule is [C-]#[N+]c1cc(-c2cccc(C(=O)NCCC(C)c3ccccc3)c2)n2ncnc(N)c12. The first-order chi connectivity index (χ1) is 15.1. The summed E-state index contributed by atoms with van der Waals surface area (Å²) in [5.41, 5.74) is 10.0. The zero-order valence-electron chi connectivity index (χ0n) is 17.1. The fraction of sp³-hybridized carbons (Fsp3) is 0.167. The number of carbonyl (C=O) groups excluding carboxylic acids is 1. The molecule has 3 N–H and O–H groups in total. The fourth-order valence-electron chi connectivity index (χ4n) is 3.61. The number of amides is 1. The van der Waals surface area contributed by atoms with Gasteiger partial charge in [-0.2, -0.15) is 5.10 Å². The first kappa shape index (κ1) is 20.1.